The quantitative estimate of drug-likeness (QED) is 0.771. The van der Waals surface area contributed by atoms with Crippen molar-refractivity contribution in [3.63, 3.8) is 0 Å². The third kappa shape index (κ3) is 3.53. The number of halogens is 1. The monoisotopic (exact) mass is 295 g/mol. The highest BCUT2D eigenvalue weighted by atomic mass is 19.1. The Morgan fingerprint density at radius 3 is 2.90 bits per heavy atom. The summed E-state index contributed by atoms with van der Waals surface area (Å²) in [6.07, 6.45) is 0. The van der Waals surface area contributed by atoms with Gasteiger partial charge in [0.25, 0.3) is 0 Å². The Bertz CT molecular complexity index is 590. The lowest BCUT2D eigenvalue weighted by Crippen LogP contribution is -2.25. The molecule has 21 heavy (non-hydrogen) atoms. The van der Waals surface area contributed by atoms with E-state index in [4.69, 9.17) is 9.47 Å². The minimum absolute atomic E-state index is 0.0927. The van der Waals surface area contributed by atoms with Crippen molar-refractivity contribution in [3.05, 3.63) is 29.8 Å². The zero-order valence-electron chi connectivity index (χ0n) is 12.2. The fraction of sp³-hybridized carbons (Fsp3) is 0.462. The first-order chi connectivity index (χ1) is 10.2. The summed E-state index contributed by atoms with van der Waals surface area (Å²) in [5.74, 6) is 0.597. The normalized spacial score (nSPS) is 12.4. The second-order valence-corrected chi connectivity index (χ2v) is 4.43. The Kier molecular flexibility index (Phi) is 5.18. The lowest BCUT2D eigenvalue weighted by molar-refractivity contribution is 0.196. The van der Waals surface area contributed by atoms with Crippen molar-refractivity contribution in [3.8, 4) is 11.4 Å². The van der Waals surface area contributed by atoms with Crippen LogP contribution in [0.4, 0.5) is 4.39 Å². The number of aromatic nitrogens is 4. The van der Waals surface area contributed by atoms with Gasteiger partial charge in [0.05, 0.1) is 19.8 Å². The van der Waals surface area contributed by atoms with E-state index in [0.717, 1.165) is 0 Å². The van der Waals surface area contributed by atoms with Crippen LogP contribution in [-0.2, 0) is 4.74 Å². The van der Waals surface area contributed by atoms with Crippen molar-refractivity contribution >= 4 is 0 Å². The van der Waals surface area contributed by atoms with Gasteiger partial charge in [0, 0.05) is 19.7 Å². The molecule has 2 rings (SSSR count). The highest BCUT2D eigenvalue weighted by Gasteiger charge is 2.18. The van der Waals surface area contributed by atoms with Crippen LogP contribution in [0.15, 0.2) is 18.2 Å². The topological polar surface area (TPSA) is 74.1 Å². The standard InChI is InChI=1S/C13H18FN5O2/c1-9(15-6-7-20-2)13-16-17-18-19(13)11-5-4-10(14)8-12(11)21-3/h4-5,8-9,15H,6-7H2,1-3H3. The fourth-order valence-electron chi connectivity index (χ4n) is 1.93. The molecule has 1 unspecified atom stereocenters. The first kappa shape index (κ1) is 15.3. The van der Waals surface area contributed by atoms with E-state index in [0.29, 0.717) is 30.4 Å². The van der Waals surface area contributed by atoms with E-state index < -0.39 is 0 Å². The molecule has 2 aromatic rings. The van der Waals surface area contributed by atoms with Crippen LogP contribution >= 0.6 is 0 Å². The van der Waals surface area contributed by atoms with E-state index in [1.165, 1.54) is 23.9 Å². The van der Waals surface area contributed by atoms with E-state index in [1.807, 2.05) is 6.92 Å². The van der Waals surface area contributed by atoms with Crippen molar-refractivity contribution in [2.24, 2.45) is 0 Å². The van der Waals surface area contributed by atoms with Crippen LogP contribution < -0.4 is 10.1 Å². The van der Waals surface area contributed by atoms with Crippen LogP contribution in [0.5, 0.6) is 5.75 Å². The molecule has 1 aromatic carbocycles. The number of hydrogen-bond acceptors (Lipinski definition) is 6. The summed E-state index contributed by atoms with van der Waals surface area (Å²) < 4.78 is 25.0. The molecule has 0 spiro atoms. The molecule has 0 bridgehead atoms. The van der Waals surface area contributed by atoms with Crippen molar-refractivity contribution in [1.82, 2.24) is 25.5 Å². The Balaban J connectivity index is 2.27. The molecule has 1 atom stereocenters. The van der Waals surface area contributed by atoms with Gasteiger partial charge in [-0.05, 0) is 29.5 Å². The highest BCUT2D eigenvalue weighted by molar-refractivity contribution is 5.46. The van der Waals surface area contributed by atoms with Crippen molar-refractivity contribution in [2.45, 2.75) is 13.0 Å². The van der Waals surface area contributed by atoms with Gasteiger partial charge in [-0.3, -0.25) is 0 Å². The number of rotatable bonds is 7. The summed E-state index contributed by atoms with van der Waals surface area (Å²) in [7, 11) is 3.11. The Morgan fingerprint density at radius 1 is 1.38 bits per heavy atom. The van der Waals surface area contributed by atoms with Gasteiger partial charge in [-0.25, -0.2) is 4.39 Å². The van der Waals surface area contributed by atoms with Crippen molar-refractivity contribution in [1.29, 1.82) is 0 Å². The van der Waals surface area contributed by atoms with Gasteiger partial charge in [0.1, 0.15) is 17.3 Å². The second-order valence-electron chi connectivity index (χ2n) is 4.43. The van der Waals surface area contributed by atoms with Crippen LogP contribution in [0.3, 0.4) is 0 Å². The largest absolute Gasteiger partial charge is 0.494 e. The van der Waals surface area contributed by atoms with Gasteiger partial charge in [-0.15, -0.1) is 5.10 Å². The third-order valence-electron chi connectivity index (χ3n) is 3.01. The summed E-state index contributed by atoms with van der Waals surface area (Å²) in [5, 5.41) is 14.9. The third-order valence-corrected chi connectivity index (χ3v) is 3.01. The van der Waals surface area contributed by atoms with Crippen molar-refractivity contribution in [2.75, 3.05) is 27.4 Å². The molecule has 0 radical (unpaired) electrons. The molecule has 0 saturated carbocycles. The fourth-order valence-corrected chi connectivity index (χ4v) is 1.93. The number of benzene rings is 1. The van der Waals surface area contributed by atoms with Gasteiger partial charge in [-0.2, -0.15) is 4.68 Å². The van der Waals surface area contributed by atoms with E-state index in [-0.39, 0.29) is 11.9 Å². The summed E-state index contributed by atoms with van der Waals surface area (Å²) in [4.78, 5) is 0. The van der Waals surface area contributed by atoms with Crippen molar-refractivity contribution < 1.29 is 13.9 Å². The molecule has 0 aliphatic carbocycles. The molecule has 1 N–H and O–H groups in total. The maximum absolute atomic E-state index is 13.3. The molecule has 0 aliphatic rings. The van der Waals surface area contributed by atoms with Gasteiger partial charge in [-0.1, -0.05) is 0 Å². The molecule has 1 heterocycles. The Hall–Kier alpha value is -2.06. The minimum atomic E-state index is -0.378. The maximum atomic E-state index is 13.3. The summed E-state index contributed by atoms with van der Waals surface area (Å²) >= 11 is 0. The van der Waals surface area contributed by atoms with Gasteiger partial charge in [0.15, 0.2) is 5.82 Å². The lowest BCUT2D eigenvalue weighted by Gasteiger charge is -2.14. The van der Waals surface area contributed by atoms with Crippen LogP contribution in [-0.4, -0.2) is 47.6 Å². The summed E-state index contributed by atoms with van der Waals surface area (Å²) in [5.41, 5.74) is 0.583. The van der Waals surface area contributed by atoms with Gasteiger partial charge >= 0.3 is 0 Å². The summed E-state index contributed by atoms with van der Waals surface area (Å²) in [6.45, 7) is 3.20. The molecular weight excluding hydrogens is 277 g/mol. The van der Waals surface area contributed by atoms with Crippen LogP contribution in [0.25, 0.3) is 5.69 Å². The number of nitrogens with one attached hydrogen (secondary N) is 1. The lowest BCUT2D eigenvalue weighted by atomic mass is 10.2. The first-order valence-corrected chi connectivity index (χ1v) is 6.52. The number of ether oxygens (including phenoxy) is 2. The number of nitrogens with zero attached hydrogens (tertiary/aromatic N) is 4. The average Bonchev–Trinajstić information content (AvgIpc) is 2.96. The van der Waals surface area contributed by atoms with Gasteiger partial charge in [0.2, 0.25) is 0 Å². The summed E-state index contributed by atoms with van der Waals surface area (Å²) in [6, 6.07) is 4.12. The van der Waals surface area contributed by atoms with E-state index in [1.54, 1.807) is 13.2 Å². The molecule has 0 saturated heterocycles. The number of methoxy groups -OCH3 is 2. The molecule has 0 amide bonds. The SMILES string of the molecule is COCCNC(C)c1nnnn1-c1ccc(F)cc1OC. The molecule has 0 fully saturated rings. The molecule has 7 nitrogen and oxygen atoms in total. The predicted molar refractivity (Wildman–Crippen MR) is 74.0 cm³/mol. The average molecular weight is 295 g/mol. The predicted octanol–water partition coefficient (Wildman–Crippen LogP) is 1.11. The first-order valence-electron chi connectivity index (χ1n) is 6.52. The number of hydrogen-bond donors (Lipinski definition) is 1. The number of tetrazole rings is 1. The second kappa shape index (κ2) is 7.09. The smallest absolute Gasteiger partial charge is 0.173 e. The Labute approximate surface area is 122 Å². The van der Waals surface area contributed by atoms with Crippen LogP contribution in [0, 0.1) is 5.82 Å². The van der Waals surface area contributed by atoms with E-state index in [9.17, 15) is 4.39 Å². The van der Waals surface area contributed by atoms with Gasteiger partial charge < -0.3 is 14.8 Å². The highest BCUT2D eigenvalue weighted by Crippen LogP contribution is 2.25. The van der Waals surface area contributed by atoms with Crippen LogP contribution in [0.2, 0.25) is 0 Å². The molecular formula is C13H18FN5O2. The molecule has 8 heteroatoms. The Morgan fingerprint density at radius 2 is 2.19 bits per heavy atom. The van der Waals surface area contributed by atoms with E-state index in [2.05, 4.69) is 20.8 Å². The molecule has 114 valence electrons. The minimum Gasteiger partial charge on any atom is -0.494 e. The maximum Gasteiger partial charge on any atom is 0.173 e. The molecule has 1 aromatic heterocycles. The zero-order valence-corrected chi connectivity index (χ0v) is 12.2. The van der Waals surface area contributed by atoms with E-state index >= 15 is 0 Å². The molecule has 0 aliphatic heterocycles. The van der Waals surface area contributed by atoms with Crippen LogP contribution in [0.1, 0.15) is 18.8 Å². The zero-order chi connectivity index (χ0) is 15.2.